The third kappa shape index (κ3) is 4.85. The number of rotatable bonds is 3. The molecular weight excluding hydrogens is 376 g/mol. The monoisotopic (exact) mass is 402 g/mol. The van der Waals surface area contributed by atoms with Crippen molar-refractivity contribution >= 4 is 22.9 Å². The van der Waals surface area contributed by atoms with Gasteiger partial charge in [-0.1, -0.05) is 12.1 Å². The number of benzene rings is 1. The number of amides is 2. The van der Waals surface area contributed by atoms with Crippen LogP contribution in [-0.4, -0.2) is 63.1 Å². The molecule has 0 aliphatic carbocycles. The highest BCUT2D eigenvalue weighted by Gasteiger charge is 2.27. The molecule has 1 saturated heterocycles. The first-order valence-electron chi connectivity index (χ1n) is 9.63. The summed E-state index contributed by atoms with van der Waals surface area (Å²) >= 11 is 0. The zero-order valence-corrected chi connectivity index (χ0v) is 16.9. The summed E-state index contributed by atoms with van der Waals surface area (Å²) in [6.07, 6.45) is -0.251. The van der Waals surface area contributed by atoms with Crippen molar-refractivity contribution in [1.82, 2.24) is 19.4 Å². The van der Waals surface area contributed by atoms with E-state index in [1.165, 1.54) is 4.57 Å². The van der Waals surface area contributed by atoms with Crippen molar-refractivity contribution < 1.29 is 14.3 Å². The molecule has 0 unspecified atom stereocenters. The van der Waals surface area contributed by atoms with Gasteiger partial charge in [0.1, 0.15) is 5.60 Å². The lowest BCUT2D eigenvalue weighted by Crippen LogP contribution is -2.51. The maximum Gasteiger partial charge on any atom is 0.410 e. The summed E-state index contributed by atoms with van der Waals surface area (Å²) in [5.74, 6) is -0.101. The average molecular weight is 402 g/mol. The van der Waals surface area contributed by atoms with Gasteiger partial charge in [0.15, 0.2) is 0 Å². The van der Waals surface area contributed by atoms with Crippen LogP contribution in [0.25, 0.3) is 10.9 Å². The van der Waals surface area contributed by atoms with Gasteiger partial charge in [0.25, 0.3) is 5.56 Å². The van der Waals surface area contributed by atoms with Crippen LogP contribution in [0.2, 0.25) is 0 Å². The van der Waals surface area contributed by atoms with Crippen molar-refractivity contribution in [2.45, 2.75) is 39.3 Å². The third-order valence-electron chi connectivity index (χ3n) is 4.74. The van der Waals surface area contributed by atoms with E-state index in [0.717, 1.165) is 0 Å². The van der Waals surface area contributed by atoms with E-state index < -0.39 is 16.9 Å². The molecule has 1 aromatic heterocycles. The number of nitrogens with one attached hydrogen (secondary N) is 1. The molecule has 2 heterocycles. The van der Waals surface area contributed by atoms with Crippen molar-refractivity contribution in [3.05, 3.63) is 45.1 Å². The minimum Gasteiger partial charge on any atom is -0.444 e. The number of aryl methyl sites for hydroxylation is 1. The molecule has 0 radical (unpaired) electrons. The fraction of sp³-hybridized carbons (Fsp3) is 0.500. The van der Waals surface area contributed by atoms with Crippen molar-refractivity contribution in [2.24, 2.45) is 0 Å². The maximum absolute atomic E-state index is 12.6. The molecule has 0 saturated carbocycles. The Morgan fingerprint density at radius 2 is 1.66 bits per heavy atom. The van der Waals surface area contributed by atoms with Crippen LogP contribution in [0.5, 0.6) is 0 Å². The Hall–Kier alpha value is -3.10. The van der Waals surface area contributed by atoms with Crippen LogP contribution in [-0.2, 0) is 16.1 Å². The van der Waals surface area contributed by atoms with Crippen LogP contribution >= 0.6 is 0 Å². The van der Waals surface area contributed by atoms with Gasteiger partial charge in [0.05, 0.1) is 10.9 Å². The minimum absolute atomic E-state index is 0.101. The van der Waals surface area contributed by atoms with E-state index in [1.54, 1.807) is 34.1 Å². The number of hydrogen-bond acceptors (Lipinski definition) is 5. The minimum atomic E-state index is -0.559. The molecule has 3 rings (SSSR count). The molecule has 0 spiro atoms. The number of para-hydroxylation sites is 1. The Labute approximate surface area is 167 Å². The van der Waals surface area contributed by atoms with Gasteiger partial charge in [-0.05, 0) is 32.9 Å². The Morgan fingerprint density at radius 3 is 2.31 bits per heavy atom. The second-order valence-corrected chi connectivity index (χ2v) is 8.03. The SMILES string of the molecule is CC(C)(C)OC(=O)N1CCN(C(=O)CCn2c(=O)[nH]c(=O)c3ccccc32)CC1. The molecule has 2 amide bonds. The number of fused-ring (bicyclic) bond motifs is 1. The third-order valence-corrected chi connectivity index (χ3v) is 4.74. The van der Waals surface area contributed by atoms with Crippen LogP contribution in [0.4, 0.5) is 4.79 Å². The van der Waals surface area contributed by atoms with Gasteiger partial charge in [-0.2, -0.15) is 0 Å². The van der Waals surface area contributed by atoms with E-state index in [-0.39, 0.29) is 25.0 Å². The largest absolute Gasteiger partial charge is 0.444 e. The van der Waals surface area contributed by atoms with Gasteiger partial charge >= 0.3 is 11.8 Å². The molecule has 0 atom stereocenters. The van der Waals surface area contributed by atoms with E-state index in [9.17, 15) is 19.2 Å². The molecule has 2 aromatic rings. The van der Waals surface area contributed by atoms with Gasteiger partial charge in [0.2, 0.25) is 5.91 Å². The highest BCUT2D eigenvalue weighted by molar-refractivity contribution is 5.79. The number of hydrogen-bond donors (Lipinski definition) is 1. The van der Waals surface area contributed by atoms with Crippen molar-refractivity contribution in [3.8, 4) is 0 Å². The number of aromatic nitrogens is 2. The molecule has 1 N–H and O–H groups in total. The Bertz CT molecular complexity index is 1030. The van der Waals surface area contributed by atoms with Crippen LogP contribution < -0.4 is 11.2 Å². The van der Waals surface area contributed by atoms with Crippen molar-refractivity contribution in [1.29, 1.82) is 0 Å². The van der Waals surface area contributed by atoms with E-state index in [4.69, 9.17) is 4.74 Å². The predicted molar refractivity (Wildman–Crippen MR) is 108 cm³/mol. The van der Waals surface area contributed by atoms with Crippen molar-refractivity contribution in [3.63, 3.8) is 0 Å². The van der Waals surface area contributed by atoms with Gasteiger partial charge in [-0.3, -0.25) is 19.1 Å². The molecule has 1 aliphatic rings. The Morgan fingerprint density at radius 1 is 1.03 bits per heavy atom. The molecule has 1 aromatic carbocycles. The maximum atomic E-state index is 12.6. The first-order valence-corrected chi connectivity index (χ1v) is 9.63. The molecule has 0 bridgehead atoms. The van der Waals surface area contributed by atoms with Crippen LogP contribution in [0, 0.1) is 0 Å². The summed E-state index contributed by atoms with van der Waals surface area (Å²) in [4.78, 5) is 54.4. The molecule has 29 heavy (non-hydrogen) atoms. The second kappa shape index (κ2) is 8.10. The van der Waals surface area contributed by atoms with E-state index in [2.05, 4.69) is 4.98 Å². The standard InChI is InChI=1S/C20H26N4O5/c1-20(2,3)29-19(28)23-12-10-22(11-13-23)16(25)8-9-24-15-7-5-4-6-14(15)17(26)21-18(24)27/h4-7H,8-13H2,1-3H3,(H,21,26,27). The van der Waals surface area contributed by atoms with Gasteiger partial charge in [-0.15, -0.1) is 0 Å². The topological polar surface area (TPSA) is 105 Å². The zero-order valence-electron chi connectivity index (χ0n) is 16.9. The molecule has 9 heteroatoms. The smallest absolute Gasteiger partial charge is 0.410 e. The summed E-state index contributed by atoms with van der Waals surface area (Å²) in [6.45, 7) is 7.25. The van der Waals surface area contributed by atoms with E-state index >= 15 is 0 Å². The average Bonchev–Trinajstić information content (AvgIpc) is 2.66. The van der Waals surface area contributed by atoms with Crippen molar-refractivity contribution in [2.75, 3.05) is 26.2 Å². The Balaban J connectivity index is 1.61. The molecular formula is C20H26N4O5. The lowest BCUT2D eigenvalue weighted by Gasteiger charge is -2.35. The molecule has 1 fully saturated rings. The van der Waals surface area contributed by atoms with Gasteiger partial charge in [-0.25, -0.2) is 9.59 Å². The fourth-order valence-corrected chi connectivity index (χ4v) is 3.29. The van der Waals surface area contributed by atoms with Gasteiger partial charge < -0.3 is 14.5 Å². The normalized spacial score (nSPS) is 14.9. The highest BCUT2D eigenvalue weighted by atomic mass is 16.6. The summed E-state index contributed by atoms with van der Waals surface area (Å²) in [7, 11) is 0. The number of carbonyl (C=O) groups is 2. The summed E-state index contributed by atoms with van der Waals surface area (Å²) < 4.78 is 6.77. The second-order valence-electron chi connectivity index (χ2n) is 8.03. The Kier molecular flexibility index (Phi) is 5.76. The zero-order chi connectivity index (χ0) is 21.2. The number of aromatic amines is 1. The molecule has 9 nitrogen and oxygen atoms in total. The lowest BCUT2D eigenvalue weighted by molar-refractivity contribution is -0.133. The number of nitrogens with zero attached hydrogens (tertiary/aromatic N) is 3. The first-order chi connectivity index (χ1) is 13.7. The number of carbonyl (C=O) groups excluding carboxylic acids is 2. The predicted octanol–water partition coefficient (Wildman–Crippen LogP) is 1.16. The fourth-order valence-electron chi connectivity index (χ4n) is 3.29. The summed E-state index contributed by atoms with van der Waals surface area (Å²) in [5, 5.41) is 0.408. The number of H-pyrrole nitrogens is 1. The van der Waals surface area contributed by atoms with E-state index in [0.29, 0.717) is 37.1 Å². The number of piperazine rings is 1. The quantitative estimate of drug-likeness (QED) is 0.830. The highest BCUT2D eigenvalue weighted by Crippen LogP contribution is 2.13. The molecule has 1 aliphatic heterocycles. The van der Waals surface area contributed by atoms with Gasteiger partial charge in [0, 0.05) is 39.1 Å². The van der Waals surface area contributed by atoms with Crippen LogP contribution in [0.1, 0.15) is 27.2 Å². The molecule has 156 valence electrons. The summed E-state index contributed by atoms with van der Waals surface area (Å²) in [5.41, 5.74) is -1.03. The number of ether oxygens (including phenoxy) is 1. The van der Waals surface area contributed by atoms with Crippen LogP contribution in [0.3, 0.4) is 0 Å². The first kappa shape index (κ1) is 20.6. The van der Waals surface area contributed by atoms with E-state index in [1.807, 2.05) is 20.8 Å². The summed E-state index contributed by atoms with van der Waals surface area (Å²) in [6, 6.07) is 6.80. The van der Waals surface area contributed by atoms with Crippen LogP contribution in [0.15, 0.2) is 33.9 Å². The lowest BCUT2D eigenvalue weighted by atomic mass is 10.2.